The summed E-state index contributed by atoms with van der Waals surface area (Å²) in [4.78, 5) is 21.3. The average molecular weight is 242 g/mol. The molecule has 0 radical (unpaired) electrons. The highest BCUT2D eigenvalue weighted by atomic mass is 16.2. The standard InChI is InChI=1S/C13H14N4O/c1-17(8-10-3-2-4-12(14)5-10)13(18)11-6-15-9-16-7-11/h2-7,9H,8,14H2,1H3. The number of carbonyl (C=O) groups excluding carboxylic acids is 1. The van der Waals surface area contributed by atoms with Crippen molar-refractivity contribution in [2.24, 2.45) is 0 Å². The number of benzene rings is 1. The smallest absolute Gasteiger partial charge is 0.257 e. The lowest BCUT2D eigenvalue weighted by Crippen LogP contribution is -2.26. The van der Waals surface area contributed by atoms with E-state index in [0.29, 0.717) is 17.8 Å². The number of hydrogen-bond acceptors (Lipinski definition) is 4. The highest BCUT2D eigenvalue weighted by Crippen LogP contribution is 2.10. The summed E-state index contributed by atoms with van der Waals surface area (Å²) in [7, 11) is 1.73. The van der Waals surface area contributed by atoms with Crippen LogP contribution >= 0.6 is 0 Å². The van der Waals surface area contributed by atoms with Crippen molar-refractivity contribution in [3.8, 4) is 0 Å². The monoisotopic (exact) mass is 242 g/mol. The SMILES string of the molecule is CN(Cc1cccc(N)c1)C(=O)c1cncnc1. The Bertz CT molecular complexity index is 542. The van der Waals surface area contributed by atoms with Gasteiger partial charge in [-0.2, -0.15) is 0 Å². The lowest BCUT2D eigenvalue weighted by Gasteiger charge is -2.17. The lowest BCUT2D eigenvalue weighted by molar-refractivity contribution is 0.0784. The van der Waals surface area contributed by atoms with Crippen molar-refractivity contribution in [3.63, 3.8) is 0 Å². The predicted molar refractivity (Wildman–Crippen MR) is 68.7 cm³/mol. The summed E-state index contributed by atoms with van der Waals surface area (Å²) in [6, 6.07) is 7.47. The van der Waals surface area contributed by atoms with Gasteiger partial charge in [0.05, 0.1) is 5.56 Å². The van der Waals surface area contributed by atoms with Crippen molar-refractivity contribution < 1.29 is 4.79 Å². The third-order valence-corrected chi connectivity index (χ3v) is 2.53. The number of nitrogen functional groups attached to an aromatic ring is 1. The molecule has 18 heavy (non-hydrogen) atoms. The molecule has 0 aliphatic rings. The van der Waals surface area contributed by atoms with Gasteiger partial charge in [-0.1, -0.05) is 12.1 Å². The van der Waals surface area contributed by atoms with Gasteiger partial charge in [-0.15, -0.1) is 0 Å². The molecule has 0 aliphatic carbocycles. The minimum absolute atomic E-state index is 0.113. The molecule has 0 bridgehead atoms. The summed E-state index contributed by atoms with van der Waals surface area (Å²) in [6.45, 7) is 0.499. The first kappa shape index (κ1) is 12.0. The van der Waals surface area contributed by atoms with Gasteiger partial charge in [-0.3, -0.25) is 4.79 Å². The van der Waals surface area contributed by atoms with E-state index in [0.717, 1.165) is 5.56 Å². The van der Waals surface area contributed by atoms with Crippen LogP contribution in [0.5, 0.6) is 0 Å². The third-order valence-electron chi connectivity index (χ3n) is 2.53. The summed E-state index contributed by atoms with van der Waals surface area (Å²) in [6.07, 6.45) is 4.41. The van der Waals surface area contributed by atoms with Gasteiger partial charge >= 0.3 is 0 Å². The number of amides is 1. The van der Waals surface area contributed by atoms with Crippen LogP contribution in [-0.2, 0) is 6.54 Å². The Labute approximate surface area is 105 Å². The number of aromatic nitrogens is 2. The maximum atomic E-state index is 12.0. The van der Waals surface area contributed by atoms with Crippen LogP contribution in [-0.4, -0.2) is 27.8 Å². The number of nitrogens with zero attached hydrogens (tertiary/aromatic N) is 3. The molecule has 0 aliphatic heterocycles. The molecule has 0 unspecified atom stereocenters. The Balaban J connectivity index is 2.09. The van der Waals surface area contributed by atoms with Gasteiger partial charge in [-0.05, 0) is 17.7 Å². The first-order valence-electron chi connectivity index (χ1n) is 5.51. The molecule has 0 saturated carbocycles. The maximum Gasteiger partial charge on any atom is 0.257 e. The van der Waals surface area contributed by atoms with E-state index in [1.165, 1.54) is 18.7 Å². The molecule has 0 spiro atoms. The van der Waals surface area contributed by atoms with Crippen molar-refractivity contribution in [2.45, 2.75) is 6.54 Å². The van der Waals surface area contributed by atoms with Gasteiger partial charge < -0.3 is 10.6 Å². The number of carbonyl (C=O) groups is 1. The van der Waals surface area contributed by atoms with Crippen molar-refractivity contribution in [2.75, 3.05) is 12.8 Å². The number of anilines is 1. The zero-order valence-electron chi connectivity index (χ0n) is 10.1. The molecule has 0 fully saturated rings. The average Bonchev–Trinajstić information content (AvgIpc) is 2.39. The Hall–Kier alpha value is -2.43. The lowest BCUT2D eigenvalue weighted by atomic mass is 10.2. The molecule has 92 valence electrons. The van der Waals surface area contributed by atoms with Crippen LogP contribution in [0.4, 0.5) is 5.69 Å². The van der Waals surface area contributed by atoms with E-state index in [4.69, 9.17) is 5.73 Å². The fourth-order valence-electron chi connectivity index (χ4n) is 1.67. The zero-order valence-corrected chi connectivity index (χ0v) is 10.1. The normalized spacial score (nSPS) is 10.1. The molecular weight excluding hydrogens is 228 g/mol. The highest BCUT2D eigenvalue weighted by molar-refractivity contribution is 5.93. The molecule has 2 rings (SSSR count). The Morgan fingerprint density at radius 3 is 2.72 bits per heavy atom. The topological polar surface area (TPSA) is 72.1 Å². The van der Waals surface area contributed by atoms with Crippen molar-refractivity contribution in [1.82, 2.24) is 14.9 Å². The highest BCUT2D eigenvalue weighted by Gasteiger charge is 2.12. The largest absolute Gasteiger partial charge is 0.399 e. The van der Waals surface area contributed by atoms with Crippen molar-refractivity contribution >= 4 is 11.6 Å². The predicted octanol–water partition coefficient (Wildman–Crippen LogP) is 1.33. The number of hydrogen-bond donors (Lipinski definition) is 1. The van der Waals surface area contributed by atoms with E-state index in [9.17, 15) is 4.79 Å². The minimum Gasteiger partial charge on any atom is -0.399 e. The van der Waals surface area contributed by atoms with E-state index < -0.39 is 0 Å². The van der Waals surface area contributed by atoms with Gasteiger partial charge in [-0.25, -0.2) is 9.97 Å². The van der Waals surface area contributed by atoms with Crippen LogP contribution in [0.3, 0.4) is 0 Å². The molecule has 2 aromatic rings. The van der Waals surface area contributed by atoms with Gasteiger partial charge in [0.1, 0.15) is 6.33 Å². The molecule has 2 N–H and O–H groups in total. The van der Waals surface area contributed by atoms with Crippen LogP contribution in [0.2, 0.25) is 0 Å². The van der Waals surface area contributed by atoms with E-state index in [1.807, 2.05) is 24.3 Å². The molecule has 0 atom stereocenters. The molecule has 0 saturated heterocycles. The van der Waals surface area contributed by atoms with E-state index in [1.54, 1.807) is 11.9 Å². The number of nitrogens with two attached hydrogens (primary N) is 1. The second-order valence-corrected chi connectivity index (χ2v) is 4.03. The van der Waals surface area contributed by atoms with E-state index in [2.05, 4.69) is 9.97 Å². The molecule has 1 heterocycles. The summed E-state index contributed by atoms with van der Waals surface area (Å²) < 4.78 is 0. The molecule has 1 aromatic carbocycles. The second-order valence-electron chi connectivity index (χ2n) is 4.03. The second kappa shape index (κ2) is 5.27. The maximum absolute atomic E-state index is 12.0. The van der Waals surface area contributed by atoms with Crippen LogP contribution < -0.4 is 5.73 Å². The summed E-state index contributed by atoms with van der Waals surface area (Å²) in [5.41, 5.74) is 7.85. The Morgan fingerprint density at radius 1 is 1.33 bits per heavy atom. The van der Waals surface area contributed by atoms with Gasteiger partial charge in [0.25, 0.3) is 5.91 Å². The van der Waals surface area contributed by atoms with Gasteiger partial charge in [0.15, 0.2) is 0 Å². The molecule has 1 amide bonds. The zero-order chi connectivity index (χ0) is 13.0. The fourth-order valence-corrected chi connectivity index (χ4v) is 1.67. The Kier molecular flexibility index (Phi) is 3.52. The molecular formula is C13H14N4O. The Morgan fingerprint density at radius 2 is 2.06 bits per heavy atom. The third kappa shape index (κ3) is 2.82. The van der Waals surface area contributed by atoms with Crippen LogP contribution in [0.25, 0.3) is 0 Å². The van der Waals surface area contributed by atoms with Crippen LogP contribution in [0.15, 0.2) is 43.0 Å². The summed E-state index contributed by atoms with van der Waals surface area (Å²) >= 11 is 0. The minimum atomic E-state index is -0.113. The summed E-state index contributed by atoms with van der Waals surface area (Å²) in [5.74, 6) is -0.113. The van der Waals surface area contributed by atoms with Crippen molar-refractivity contribution in [1.29, 1.82) is 0 Å². The first-order chi connectivity index (χ1) is 8.66. The molecule has 1 aromatic heterocycles. The van der Waals surface area contributed by atoms with Crippen LogP contribution in [0.1, 0.15) is 15.9 Å². The summed E-state index contributed by atoms with van der Waals surface area (Å²) in [5, 5.41) is 0. The number of rotatable bonds is 3. The molecule has 5 nitrogen and oxygen atoms in total. The van der Waals surface area contributed by atoms with E-state index in [-0.39, 0.29) is 5.91 Å². The molecule has 5 heteroatoms. The van der Waals surface area contributed by atoms with Crippen LogP contribution in [0, 0.1) is 0 Å². The van der Waals surface area contributed by atoms with E-state index >= 15 is 0 Å². The van der Waals surface area contributed by atoms with Gasteiger partial charge in [0, 0.05) is 31.7 Å². The quantitative estimate of drug-likeness (QED) is 0.824. The van der Waals surface area contributed by atoms with Crippen molar-refractivity contribution in [3.05, 3.63) is 54.1 Å². The van der Waals surface area contributed by atoms with Gasteiger partial charge in [0.2, 0.25) is 0 Å². The first-order valence-corrected chi connectivity index (χ1v) is 5.51. The fraction of sp³-hybridized carbons (Fsp3) is 0.154.